The van der Waals surface area contributed by atoms with E-state index in [0.717, 1.165) is 11.1 Å². The Hall–Kier alpha value is -1.68. The molecule has 0 amide bonds. The van der Waals surface area contributed by atoms with E-state index in [1.54, 1.807) is 0 Å². The lowest BCUT2D eigenvalue weighted by atomic mass is 10.0. The molecule has 2 aromatic rings. The molecule has 0 aliphatic carbocycles. The first kappa shape index (κ1) is 15.7. The Balaban J connectivity index is 2.16. The summed E-state index contributed by atoms with van der Waals surface area (Å²) in [5, 5.41) is 3.29. The van der Waals surface area contributed by atoms with E-state index in [-0.39, 0.29) is 12.3 Å². The van der Waals surface area contributed by atoms with Gasteiger partial charge in [-0.15, -0.1) is 0 Å². The fraction of sp³-hybridized carbons (Fsp3) is 0.333. The summed E-state index contributed by atoms with van der Waals surface area (Å²) in [5.41, 5.74) is 19.6. The van der Waals surface area contributed by atoms with E-state index >= 15 is 0 Å². The molecule has 0 aromatic heterocycles. The van der Waals surface area contributed by atoms with Gasteiger partial charge in [-0.25, -0.2) is 0 Å². The van der Waals surface area contributed by atoms with Crippen LogP contribution in [0.2, 0.25) is 0 Å². The van der Waals surface area contributed by atoms with E-state index in [4.69, 9.17) is 11.5 Å². The Kier molecular flexibility index (Phi) is 4.78. The van der Waals surface area contributed by atoms with E-state index in [1.165, 1.54) is 22.3 Å². The molecule has 0 spiro atoms. The Bertz CT molecular complexity index is 579. The Morgan fingerprint density at radius 2 is 1.10 bits per heavy atom. The number of nitrogens with two attached hydrogens (primary N) is 2. The van der Waals surface area contributed by atoms with Gasteiger partial charge < -0.3 is 11.5 Å². The molecule has 5 N–H and O–H groups in total. The van der Waals surface area contributed by atoms with Crippen molar-refractivity contribution < 1.29 is 0 Å². The first-order valence-electron chi connectivity index (χ1n) is 7.30. The van der Waals surface area contributed by atoms with Gasteiger partial charge in [0.15, 0.2) is 0 Å². The van der Waals surface area contributed by atoms with E-state index < -0.39 is 0 Å². The molecular weight excluding hydrogens is 258 g/mol. The highest BCUT2D eigenvalue weighted by Gasteiger charge is 2.15. The number of rotatable bonds is 4. The van der Waals surface area contributed by atoms with Crippen molar-refractivity contribution in [2.45, 2.75) is 40.0 Å². The molecule has 3 heteroatoms. The molecule has 2 atom stereocenters. The third-order valence-corrected chi connectivity index (χ3v) is 3.88. The van der Waals surface area contributed by atoms with E-state index in [1.807, 2.05) is 0 Å². The minimum absolute atomic E-state index is 0.277. The third-order valence-electron chi connectivity index (χ3n) is 3.88. The lowest BCUT2D eigenvalue weighted by Crippen LogP contribution is -2.37. The molecule has 0 radical (unpaired) electrons. The predicted octanol–water partition coefficient (Wildman–Crippen LogP) is 3.12. The highest BCUT2D eigenvalue weighted by molar-refractivity contribution is 5.34. The molecule has 3 nitrogen and oxygen atoms in total. The number of aryl methyl sites for hydroxylation is 4. The minimum atomic E-state index is -0.277. The molecular formula is C18H25N3. The lowest BCUT2D eigenvalue weighted by molar-refractivity contribution is 0.461. The largest absolute Gasteiger partial charge is 0.312 e. The SMILES string of the molecule is Cc1ccc(C(N)NC(N)c2ccc(C)cc2C)c(C)c1. The Morgan fingerprint density at radius 1 is 0.714 bits per heavy atom. The predicted molar refractivity (Wildman–Crippen MR) is 88.8 cm³/mol. The van der Waals surface area contributed by atoms with Crippen molar-refractivity contribution in [3.8, 4) is 0 Å². The van der Waals surface area contributed by atoms with Gasteiger partial charge in [-0.1, -0.05) is 47.5 Å². The van der Waals surface area contributed by atoms with Gasteiger partial charge in [0.2, 0.25) is 0 Å². The standard InChI is InChI=1S/C18H25N3/c1-11-5-7-15(13(3)9-11)17(19)21-18(20)16-8-6-12(2)10-14(16)4/h5-10,17-18,21H,19-20H2,1-4H3. The van der Waals surface area contributed by atoms with Gasteiger partial charge in [0.05, 0.1) is 12.3 Å². The smallest absolute Gasteiger partial charge is 0.0827 e. The van der Waals surface area contributed by atoms with Crippen LogP contribution in [0.25, 0.3) is 0 Å². The number of benzene rings is 2. The summed E-state index contributed by atoms with van der Waals surface area (Å²) in [6, 6.07) is 12.6. The summed E-state index contributed by atoms with van der Waals surface area (Å²) >= 11 is 0. The normalized spacial score (nSPS) is 14.0. The second-order valence-electron chi connectivity index (χ2n) is 5.84. The fourth-order valence-electron chi connectivity index (χ4n) is 2.72. The van der Waals surface area contributed by atoms with Crippen LogP contribution in [0, 0.1) is 27.7 Å². The molecule has 112 valence electrons. The van der Waals surface area contributed by atoms with Crippen LogP contribution in [-0.2, 0) is 0 Å². The first-order chi connectivity index (χ1) is 9.88. The second kappa shape index (κ2) is 6.39. The van der Waals surface area contributed by atoms with Crippen molar-refractivity contribution in [1.82, 2.24) is 5.32 Å². The van der Waals surface area contributed by atoms with E-state index in [0.29, 0.717) is 0 Å². The third kappa shape index (κ3) is 3.70. The van der Waals surface area contributed by atoms with Crippen LogP contribution < -0.4 is 16.8 Å². The highest BCUT2D eigenvalue weighted by atomic mass is 15.1. The summed E-state index contributed by atoms with van der Waals surface area (Å²) in [4.78, 5) is 0. The molecule has 21 heavy (non-hydrogen) atoms. The maximum absolute atomic E-state index is 6.27. The van der Waals surface area contributed by atoms with Crippen molar-refractivity contribution in [2.24, 2.45) is 11.5 Å². The molecule has 0 fully saturated rings. The van der Waals surface area contributed by atoms with Crippen LogP contribution in [0.5, 0.6) is 0 Å². The van der Waals surface area contributed by atoms with Crippen LogP contribution in [0.15, 0.2) is 36.4 Å². The summed E-state index contributed by atoms with van der Waals surface area (Å²) in [5.74, 6) is 0. The summed E-state index contributed by atoms with van der Waals surface area (Å²) in [7, 11) is 0. The van der Waals surface area contributed by atoms with Crippen LogP contribution in [0.4, 0.5) is 0 Å². The van der Waals surface area contributed by atoms with Gasteiger partial charge in [0.1, 0.15) is 0 Å². The molecule has 2 unspecified atom stereocenters. The average molecular weight is 283 g/mol. The van der Waals surface area contributed by atoms with Crippen molar-refractivity contribution in [3.63, 3.8) is 0 Å². The Morgan fingerprint density at radius 3 is 1.43 bits per heavy atom. The molecule has 0 aliphatic heterocycles. The molecule has 2 aromatic carbocycles. The molecule has 0 bridgehead atoms. The monoisotopic (exact) mass is 283 g/mol. The Labute approximate surface area is 127 Å². The molecule has 2 rings (SSSR count). The zero-order valence-electron chi connectivity index (χ0n) is 13.3. The average Bonchev–Trinajstić information content (AvgIpc) is 2.37. The number of hydrogen-bond donors (Lipinski definition) is 3. The highest BCUT2D eigenvalue weighted by Crippen LogP contribution is 2.20. The van der Waals surface area contributed by atoms with Crippen molar-refractivity contribution in [2.75, 3.05) is 0 Å². The van der Waals surface area contributed by atoms with Crippen LogP contribution in [0.3, 0.4) is 0 Å². The van der Waals surface area contributed by atoms with Crippen LogP contribution in [0.1, 0.15) is 45.7 Å². The maximum atomic E-state index is 6.27. The van der Waals surface area contributed by atoms with Crippen molar-refractivity contribution >= 4 is 0 Å². The summed E-state index contributed by atoms with van der Waals surface area (Å²) < 4.78 is 0. The summed E-state index contributed by atoms with van der Waals surface area (Å²) in [6.07, 6.45) is -0.553. The molecule has 0 heterocycles. The van der Waals surface area contributed by atoms with Crippen LogP contribution in [-0.4, -0.2) is 0 Å². The quantitative estimate of drug-likeness (QED) is 0.755. The maximum Gasteiger partial charge on any atom is 0.0827 e. The van der Waals surface area contributed by atoms with Gasteiger partial charge in [0, 0.05) is 0 Å². The fourth-order valence-corrected chi connectivity index (χ4v) is 2.72. The van der Waals surface area contributed by atoms with E-state index in [2.05, 4.69) is 69.4 Å². The summed E-state index contributed by atoms with van der Waals surface area (Å²) in [6.45, 7) is 8.31. The number of hydrogen-bond acceptors (Lipinski definition) is 3. The zero-order valence-corrected chi connectivity index (χ0v) is 13.3. The van der Waals surface area contributed by atoms with Gasteiger partial charge >= 0.3 is 0 Å². The molecule has 0 aliphatic rings. The minimum Gasteiger partial charge on any atom is -0.312 e. The van der Waals surface area contributed by atoms with E-state index in [9.17, 15) is 0 Å². The van der Waals surface area contributed by atoms with Crippen molar-refractivity contribution in [3.05, 3.63) is 69.8 Å². The van der Waals surface area contributed by atoms with Crippen molar-refractivity contribution in [1.29, 1.82) is 0 Å². The van der Waals surface area contributed by atoms with Gasteiger partial charge in [-0.2, -0.15) is 0 Å². The van der Waals surface area contributed by atoms with Gasteiger partial charge in [-0.3, -0.25) is 5.32 Å². The lowest BCUT2D eigenvalue weighted by Gasteiger charge is -2.23. The molecule has 0 saturated carbocycles. The molecule has 0 saturated heterocycles. The number of nitrogens with one attached hydrogen (secondary N) is 1. The van der Waals surface area contributed by atoms with Gasteiger partial charge in [0.25, 0.3) is 0 Å². The topological polar surface area (TPSA) is 64.1 Å². The zero-order chi connectivity index (χ0) is 15.6. The second-order valence-corrected chi connectivity index (χ2v) is 5.84. The first-order valence-corrected chi connectivity index (χ1v) is 7.30. The van der Waals surface area contributed by atoms with Gasteiger partial charge in [-0.05, 0) is 49.9 Å². The van der Waals surface area contributed by atoms with Crippen LogP contribution >= 0.6 is 0 Å².